The first-order chi connectivity index (χ1) is 24.9. The van der Waals surface area contributed by atoms with Gasteiger partial charge >= 0.3 is 5.97 Å². The van der Waals surface area contributed by atoms with Gasteiger partial charge in [0.15, 0.2) is 0 Å². The Morgan fingerprint density at radius 3 is 1.98 bits per heavy atom. The number of thiol groups is 1. The van der Waals surface area contributed by atoms with Crippen molar-refractivity contribution in [1.29, 1.82) is 0 Å². The van der Waals surface area contributed by atoms with Gasteiger partial charge in [-0.1, -0.05) is 60.0 Å². The van der Waals surface area contributed by atoms with Crippen molar-refractivity contribution in [3.05, 3.63) is 63.2 Å². The van der Waals surface area contributed by atoms with E-state index < -0.39 is 46.2 Å². The Labute approximate surface area is 337 Å². The average molecular weight is 885 g/mol. The van der Waals surface area contributed by atoms with Crippen molar-refractivity contribution in [2.75, 3.05) is 6.54 Å². The summed E-state index contributed by atoms with van der Waals surface area (Å²) in [4.78, 5) is 64.2. The lowest BCUT2D eigenvalue weighted by molar-refractivity contribution is -0.142. The molecule has 0 fully saturated rings. The molecular weight excluding hydrogens is 827 g/mol. The fraction of sp³-hybridized carbons (Fsp3) is 0.564. The van der Waals surface area contributed by atoms with E-state index in [2.05, 4.69) is 32.9 Å². The number of halogens is 1. The SMILES string of the molecule is CC(C)(C)NC(Cc1ccc(O)c(I)c1)C(=O)NC(Cc1ccccc1)C(=O)NC(CCCCNC(=O)CCCCCCC(=O)C(C)(C)SS)C(=O)O. The van der Waals surface area contributed by atoms with Crippen molar-refractivity contribution in [3.63, 3.8) is 0 Å². The Kier molecular flexibility index (Phi) is 20.3. The summed E-state index contributed by atoms with van der Waals surface area (Å²) >= 11 is 6.19. The zero-order valence-corrected chi connectivity index (χ0v) is 35.4. The number of hydrogen-bond donors (Lipinski definition) is 7. The van der Waals surface area contributed by atoms with Gasteiger partial charge in [0.25, 0.3) is 0 Å². The Balaban J connectivity index is 1.94. The van der Waals surface area contributed by atoms with E-state index in [1.165, 1.54) is 10.8 Å². The molecule has 2 rings (SSSR count). The number of aliphatic carboxylic acids is 1. The van der Waals surface area contributed by atoms with Gasteiger partial charge in [-0.15, -0.1) is 11.7 Å². The van der Waals surface area contributed by atoms with E-state index in [-0.39, 0.29) is 30.3 Å². The minimum atomic E-state index is -1.18. The zero-order chi connectivity index (χ0) is 39.6. The van der Waals surface area contributed by atoms with Crippen LogP contribution in [0.15, 0.2) is 48.5 Å². The molecule has 2 aromatic rings. The molecule has 0 heterocycles. The first-order valence-electron chi connectivity index (χ1n) is 18.2. The highest BCUT2D eigenvalue weighted by molar-refractivity contribution is 14.1. The number of nitrogens with one attached hydrogen (secondary N) is 4. The van der Waals surface area contributed by atoms with Crippen LogP contribution in [-0.4, -0.2) is 74.6 Å². The summed E-state index contributed by atoms with van der Waals surface area (Å²) in [5.74, 6) is -1.95. The molecular formula is C39H57IN4O7S2. The predicted molar refractivity (Wildman–Crippen MR) is 223 cm³/mol. The largest absolute Gasteiger partial charge is 0.507 e. The average Bonchev–Trinajstić information content (AvgIpc) is 3.09. The number of phenols is 1. The Morgan fingerprint density at radius 1 is 0.774 bits per heavy atom. The van der Waals surface area contributed by atoms with Crippen molar-refractivity contribution in [2.24, 2.45) is 0 Å². The third-order valence-corrected chi connectivity index (χ3v) is 11.5. The van der Waals surface area contributed by atoms with E-state index in [1.807, 2.05) is 87.5 Å². The van der Waals surface area contributed by atoms with Crippen molar-refractivity contribution in [3.8, 4) is 5.75 Å². The van der Waals surface area contributed by atoms with Gasteiger partial charge in [0.05, 0.1) is 14.4 Å². The Morgan fingerprint density at radius 2 is 1.38 bits per heavy atom. The monoisotopic (exact) mass is 884 g/mol. The zero-order valence-electron chi connectivity index (χ0n) is 31.5. The smallest absolute Gasteiger partial charge is 0.326 e. The summed E-state index contributed by atoms with van der Waals surface area (Å²) in [7, 11) is 1.25. The number of unbranched alkanes of at least 4 members (excludes halogenated alkanes) is 4. The third-order valence-electron chi connectivity index (χ3n) is 8.61. The lowest BCUT2D eigenvalue weighted by Crippen LogP contribution is -2.58. The number of carboxylic acids is 1. The van der Waals surface area contributed by atoms with Gasteiger partial charge in [0, 0.05) is 31.3 Å². The molecule has 0 radical (unpaired) electrons. The van der Waals surface area contributed by atoms with Gasteiger partial charge in [0.1, 0.15) is 23.6 Å². The topological polar surface area (TPSA) is 174 Å². The molecule has 14 heteroatoms. The van der Waals surface area contributed by atoms with E-state index in [9.17, 15) is 34.2 Å². The number of Topliss-reactive ketones (excluding diaryl/α,β-unsaturated/α-hetero) is 1. The van der Waals surface area contributed by atoms with E-state index in [1.54, 1.807) is 18.2 Å². The Hall–Kier alpha value is -2.82. The minimum absolute atomic E-state index is 0.0735. The molecule has 0 aliphatic carbocycles. The highest BCUT2D eigenvalue weighted by Gasteiger charge is 2.31. The molecule has 3 atom stereocenters. The highest BCUT2D eigenvalue weighted by atomic mass is 127. The van der Waals surface area contributed by atoms with Crippen molar-refractivity contribution in [1.82, 2.24) is 21.3 Å². The molecule has 0 aromatic heterocycles. The van der Waals surface area contributed by atoms with E-state index in [0.29, 0.717) is 42.2 Å². The molecule has 0 bridgehead atoms. The maximum absolute atomic E-state index is 13.8. The molecule has 0 aliphatic rings. The second-order valence-corrected chi connectivity index (χ2v) is 17.8. The van der Waals surface area contributed by atoms with E-state index >= 15 is 0 Å². The predicted octanol–water partition coefficient (Wildman–Crippen LogP) is 6.15. The first kappa shape index (κ1) is 46.3. The summed E-state index contributed by atoms with van der Waals surface area (Å²) in [6, 6.07) is 11.4. The molecule has 6 N–H and O–H groups in total. The van der Waals surface area contributed by atoms with Gasteiger partial charge in [-0.05, 0) is 119 Å². The normalized spacial score (nSPS) is 13.4. The number of phenolic OH excluding ortho intramolecular Hbond substituents is 1. The number of benzene rings is 2. The lowest BCUT2D eigenvalue weighted by atomic mass is 9.99. The van der Waals surface area contributed by atoms with E-state index in [0.717, 1.165) is 36.8 Å². The second kappa shape index (κ2) is 23.2. The number of rotatable bonds is 24. The van der Waals surface area contributed by atoms with Gasteiger partial charge < -0.3 is 31.5 Å². The fourth-order valence-corrected chi connectivity index (χ4v) is 6.66. The van der Waals surface area contributed by atoms with E-state index in [4.69, 9.17) is 0 Å². The van der Waals surface area contributed by atoms with Gasteiger partial charge in [0.2, 0.25) is 17.7 Å². The number of hydrogen-bond acceptors (Lipinski definition) is 9. The van der Waals surface area contributed by atoms with Crippen LogP contribution in [-0.2, 0) is 36.8 Å². The van der Waals surface area contributed by atoms with Crippen molar-refractivity contribution in [2.45, 2.75) is 134 Å². The maximum atomic E-state index is 13.8. The van der Waals surface area contributed by atoms with Crippen LogP contribution >= 0.6 is 45.0 Å². The maximum Gasteiger partial charge on any atom is 0.326 e. The van der Waals surface area contributed by atoms with Crippen LogP contribution in [0, 0.1) is 3.57 Å². The molecule has 0 aliphatic heterocycles. The van der Waals surface area contributed by atoms with Crippen LogP contribution in [0.1, 0.15) is 104 Å². The highest BCUT2D eigenvalue weighted by Crippen LogP contribution is 2.30. The third kappa shape index (κ3) is 18.4. The van der Waals surface area contributed by atoms with Crippen LogP contribution in [0.4, 0.5) is 0 Å². The number of ketones is 1. The van der Waals surface area contributed by atoms with Crippen LogP contribution in [0.2, 0.25) is 0 Å². The number of carbonyl (C=O) groups is 5. The lowest BCUT2D eigenvalue weighted by Gasteiger charge is -2.30. The molecule has 294 valence electrons. The summed E-state index contributed by atoms with van der Waals surface area (Å²) in [6.07, 6.45) is 5.71. The fourth-order valence-electron chi connectivity index (χ4n) is 5.57. The van der Waals surface area contributed by atoms with Gasteiger partial charge in [-0.2, -0.15) is 0 Å². The molecule has 3 amide bonds. The molecule has 11 nitrogen and oxygen atoms in total. The van der Waals surface area contributed by atoms with Gasteiger partial charge in [-0.25, -0.2) is 4.79 Å². The van der Waals surface area contributed by atoms with Crippen molar-refractivity contribution < 1.29 is 34.2 Å². The van der Waals surface area contributed by atoms with Crippen molar-refractivity contribution >= 4 is 74.5 Å². The minimum Gasteiger partial charge on any atom is -0.507 e. The molecule has 0 saturated heterocycles. The number of carboxylic acid groups (broad SMARTS) is 1. The summed E-state index contributed by atoms with van der Waals surface area (Å²) in [5, 5.41) is 31.7. The second-order valence-electron chi connectivity index (χ2n) is 14.9. The van der Waals surface area contributed by atoms with Crippen LogP contribution in [0.5, 0.6) is 5.75 Å². The summed E-state index contributed by atoms with van der Waals surface area (Å²) < 4.78 is 0.158. The standard InChI is InChI=1S/C39H57IN4O7S2/c1-38(2,3)44-31(25-27-20-21-32(45)28(40)23-27)36(49)43-30(24-26-15-9-8-10-16-26)35(48)42-29(37(50)51)17-13-14-22-41-34(47)19-12-7-6-11-18-33(46)39(4,5)53-52/h8-10,15-16,20-21,23,29-31,44-45,52H,6-7,11-14,17-19,22,24-25H2,1-5H3,(H,41,47)(H,42,48)(H,43,49)(H,50,51). The molecule has 2 aromatic carbocycles. The van der Waals surface area contributed by atoms with Crippen LogP contribution in [0.25, 0.3) is 0 Å². The van der Waals surface area contributed by atoms with Crippen LogP contribution < -0.4 is 21.3 Å². The summed E-state index contributed by atoms with van der Waals surface area (Å²) in [6.45, 7) is 9.93. The number of amides is 3. The first-order valence-corrected chi connectivity index (χ1v) is 21.1. The van der Waals surface area contributed by atoms with Crippen LogP contribution in [0.3, 0.4) is 0 Å². The number of carbonyl (C=O) groups excluding carboxylic acids is 4. The molecule has 3 unspecified atom stereocenters. The molecule has 53 heavy (non-hydrogen) atoms. The number of aromatic hydroxyl groups is 1. The molecule has 0 spiro atoms. The quantitative estimate of drug-likeness (QED) is 0.0283. The van der Waals surface area contributed by atoms with Gasteiger partial charge in [-0.3, -0.25) is 19.2 Å². The summed E-state index contributed by atoms with van der Waals surface area (Å²) in [5.41, 5.74) is 1.18. The molecule has 0 saturated carbocycles. The Bertz CT molecular complexity index is 1500.